The van der Waals surface area contributed by atoms with Crippen LogP contribution in [0.5, 0.6) is 0 Å². The van der Waals surface area contributed by atoms with E-state index in [4.69, 9.17) is 0 Å². The van der Waals surface area contributed by atoms with Crippen LogP contribution in [-0.2, 0) is 4.79 Å². The van der Waals surface area contributed by atoms with Crippen molar-refractivity contribution in [2.75, 3.05) is 16.8 Å². The van der Waals surface area contributed by atoms with Crippen LogP contribution < -0.4 is 10.2 Å². The Morgan fingerprint density at radius 2 is 1.90 bits per heavy atom. The van der Waals surface area contributed by atoms with Crippen LogP contribution in [0.25, 0.3) is 0 Å². The van der Waals surface area contributed by atoms with E-state index < -0.39 is 29.3 Å². The third-order valence-electron chi connectivity index (χ3n) is 2.89. The standard InChI is InChI=1S/C13H8F3N3O/c14-7-5-8(15)13(18-12(7)16)19-6-11(20)17-9-3-1-2-4-10(9)19/h1-5H,6H2,(H,17,20). The smallest absolute Gasteiger partial charge is 0.251 e. The van der Waals surface area contributed by atoms with E-state index in [1.165, 1.54) is 4.90 Å². The van der Waals surface area contributed by atoms with Crippen LogP contribution in [0.1, 0.15) is 0 Å². The second-order valence-electron chi connectivity index (χ2n) is 4.22. The fourth-order valence-corrected chi connectivity index (χ4v) is 2.05. The molecule has 2 heterocycles. The summed E-state index contributed by atoms with van der Waals surface area (Å²) in [6.07, 6.45) is 0. The lowest BCUT2D eigenvalue weighted by atomic mass is 10.2. The first kappa shape index (κ1) is 12.5. The van der Waals surface area contributed by atoms with Crippen LogP contribution >= 0.6 is 0 Å². The molecule has 1 amide bonds. The quantitative estimate of drug-likeness (QED) is 0.816. The van der Waals surface area contributed by atoms with Crippen molar-refractivity contribution < 1.29 is 18.0 Å². The molecule has 0 saturated carbocycles. The van der Waals surface area contributed by atoms with Crippen LogP contribution in [-0.4, -0.2) is 17.4 Å². The minimum Gasteiger partial charge on any atom is -0.323 e. The molecule has 2 aromatic rings. The second kappa shape index (κ2) is 4.52. The van der Waals surface area contributed by atoms with Gasteiger partial charge in [-0.25, -0.2) is 8.78 Å². The summed E-state index contributed by atoms with van der Waals surface area (Å²) >= 11 is 0. The number of rotatable bonds is 1. The first-order chi connectivity index (χ1) is 9.56. The van der Waals surface area contributed by atoms with Crippen molar-refractivity contribution in [3.8, 4) is 0 Å². The van der Waals surface area contributed by atoms with Crippen molar-refractivity contribution in [1.29, 1.82) is 0 Å². The van der Waals surface area contributed by atoms with E-state index in [9.17, 15) is 18.0 Å². The number of nitrogens with zero attached hydrogens (tertiary/aromatic N) is 2. The van der Waals surface area contributed by atoms with Crippen LogP contribution in [0, 0.1) is 17.6 Å². The van der Waals surface area contributed by atoms with Crippen molar-refractivity contribution in [2.45, 2.75) is 0 Å². The number of aromatic nitrogens is 1. The highest BCUT2D eigenvalue weighted by molar-refractivity contribution is 6.02. The molecule has 1 aromatic carbocycles. The maximum atomic E-state index is 13.8. The number of carbonyl (C=O) groups excluding carboxylic acids is 1. The maximum absolute atomic E-state index is 13.8. The fourth-order valence-electron chi connectivity index (χ4n) is 2.05. The zero-order valence-corrected chi connectivity index (χ0v) is 10.0. The highest BCUT2D eigenvalue weighted by Crippen LogP contribution is 2.35. The lowest BCUT2D eigenvalue weighted by Crippen LogP contribution is -2.36. The number of halogens is 3. The molecule has 0 unspecified atom stereocenters. The number of fused-ring (bicyclic) bond motifs is 1. The molecule has 0 atom stereocenters. The number of carbonyl (C=O) groups is 1. The third-order valence-corrected chi connectivity index (χ3v) is 2.89. The van der Waals surface area contributed by atoms with Gasteiger partial charge in [-0.1, -0.05) is 12.1 Å². The second-order valence-corrected chi connectivity index (χ2v) is 4.22. The largest absolute Gasteiger partial charge is 0.323 e. The van der Waals surface area contributed by atoms with Crippen molar-refractivity contribution in [2.24, 2.45) is 0 Å². The first-order valence-electron chi connectivity index (χ1n) is 5.74. The number of pyridine rings is 1. The number of para-hydroxylation sites is 2. The molecule has 1 aliphatic heterocycles. The van der Waals surface area contributed by atoms with Gasteiger partial charge in [-0.15, -0.1) is 0 Å². The molecule has 102 valence electrons. The van der Waals surface area contributed by atoms with Gasteiger partial charge in [0.15, 0.2) is 17.5 Å². The minimum atomic E-state index is -1.41. The fraction of sp³-hybridized carbons (Fsp3) is 0.0769. The Kier molecular flexibility index (Phi) is 2.81. The van der Waals surface area contributed by atoms with Crippen molar-refractivity contribution in [3.63, 3.8) is 0 Å². The van der Waals surface area contributed by atoms with Crippen molar-refractivity contribution in [3.05, 3.63) is 47.9 Å². The van der Waals surface area contributed by atoms with E-state index >= 15 is 0 Å². The summed E-state index contributed by atoms with van der Waals surface area (Å²) in [7, 11) is 0. The first-order valence-corrected chi connectivity index (χ1v) is 5.74. The van der Waals surface area contributed by atoms with E-state index in [0.29, 0.717) is 17.4 Å². The molecule has 1 aliphatic rings. The zero-order valence-electron chi connectivity index (χ0n) is 10.0. The average Bonchev–Trinajstić information content (AvgIpc) is 2.42. The highest BCUT2D eigenvalue weighted by atomic mass is 19.2. The number of hydrogen-bond donors (Lipinski definition) is 1. The monoisotopic (exact) mass is 279 g/mol. The molecule has 3 rings (SSSR count). The average molecular weight is 279 g/mol. The van der Waals surface area contributed by atoms with E-state index in [0.717, 1.165) is 0 Å². The number of hydrogen-bond acceptors (Lipinski definition) is 3. The van der Waals surface area contributed by atoms with Gasteiger partial charge in [0, 0.05) is 6.07 Å². The molecule has 0 spiro atoms. The molecule has 0 aliphatic carbocycles. The summed E-state index contributed by atoms with van der Waals surface area (Å²) in [4.78, 5) is 16.1. The molecule has 0 fully saturated rings. The maximum Gasteiger partial charge on any atom is 0.251 e. The van der Waals surface area contributed by atoms with Crippen LogP contribution in [0.4, 0.5) is 30.4 Å². The van der Waals surface area contributed by atoms with Gasteiger partial charge in [0.2, 0.25) is 5.91 Å². The van der Waals surface area contributed by atoms with Gasteiger partial charge in [-0.3, -0.25) is 4.79 Å². The predicted octanol–water partition coefficient (Wildman–Crippen LogP) is 2.59. The Labute approximate surface area is 111 Å². The van der Waals surface area contributed by atoms with Gasteiger partial charge in [0.25, 0.3) is 5.95 Å². The Hall–Kier alpha value is -2.57. The van der Waals surface area contributed by atoms with Gasteiger partial charge in [0.1, 0.15) is 6.54 Å². The Morgan fingerprint density at radius 1 is 1.15 bits per heavy atom. The van der Waals surface area contributed by atoms with E-state index in [2.05, 4.69) is 10.3 Å². The van der Waals surface area contributed by atoms with Crippen molar-refractivity contribution in [1.82, 2.24) is 4.98 Å². The predicted molar refractivity (Wildman–Crippen MR) is 66.2 cm³/mol. The number of anilines is 3. The van der Waals surface area contributed by atoms with Gasteiger partial charge >= 0.3 is 0 Å². The van der Waals surface area contributed by atoms with Crippen molar-refractivity contribution >= 4 is 23.1 Å². The van der Waals surface area contributed by atoms with E-state index in [-0.39, 0.29) is 6.54 Å². The van der Waals surface area contributed by atoms with Gasteiger partial charge in [-0.2, -0.15) is 9.37 Å². The van der Waals surface area contributed by atoms with Crippen LogP contribution in [0.2, 0.25) is 0 Å². The minimum absolute atomic E-state index is 0.230. The number of benzene rings is 1. The number of amides is 1. The lowest BCUT2D eigenvalue weighted by molar-refractivity contribution is -0.115. The molecular formula is C13H8F3N3O. The van der Waals surface area contributed by atoms with Gasteiger partial charge in [0.05, 0.1) is 11.4 Å². The molecule has 0 radical (unpaired) electrons. The highest BCUT2D eigenvalue weighted by Gasteiger charge is 2.27. The Bertz CT molecular complexity index is 705. The molecule has 0 bridgehead atoms. The Balaban J connectivity index is 2.15. The summed E-state index contributed by atoms with van der Waals surface area (Å²) in [6.45, 7) is -0.230. The molecule has 0 saturated heterocycles. The zero-order chi connectivity index (χ0) is 14.3. The summed E-state index contributed by atoms with van der Waals surface area (Å²) in [5, 5.41) is 2.61. The molecule has 1 N–H and O–H groups in total. The van der Waals surface area contributed by atoms with Crippen LogP contribution in [0.15, 0.2) is 30.3 Å². The topological polar surface area (TPSA) is 45.2 Å². The van der Waals surface area contributed by atoms with Crippen LogP contribution in [0.3, 0.4) is 0 Å². The molecule has 7 heteroatoms. The molecule has 1 aromatic heterocycles. The third kappa shape index (κ3) is 1.97. The summed E-state index contributed by atoms with van der Waals surface area (Å²) in [5.74, 6) is -4.64. The van der Waals surface area contributed by atoms with E-state index in [1.54, 1.807) is 24.3 Å². The normalized spacial score (nSPS) is 13.9. The van der Waals surface area contributed by atoms with Gasteiger partial charge in [-0.05, 0) is 12.1 Å². The molecule has 4 nitrogen and oxygen atoms in total. The van der Waals surface area contributed by atoms with E-state index in [1.807, 2.05) is 0 Å². The van der Waals surface area contributed by atoms with Gasteiger partial charge < -0.3 is 10.2 Å². The summed E-state index contributed by atoms with van der Waals surface area (Å²) < 4.78 is 39.9. The SMILES string of the molecule is O=C1CN(c2nc(F)c(F)cc2F)c2ccccc2N1. The molecular weight excluding hydrogens is 271 g/mol. The Morgan fingerprint density at radius 3 is 2.70 bits per heavy atom. The molecule has 20 heavy (non-hydrogen) atoms. The summed E-state index contributed by atoms with van der Waals surface area (Å²) in [5.41, 5.74) is 0.916. The summed E-state index contributed by atoms with van der Waals surface area (Å²) in [6, 6.07) is 7.03. The number of nitrogens with one attached hydrogen (secondary N) is 1. The lowest BCUT2D eigenvalue weighted by Gasteiger charge is -2.30.